The van der Waals surface area contributed by atoms with Gasteiger partial charge in [0.15, 0.2) is 5.58 Å². The first-order valence-corrected chi connectivity index (χ1v) is 8.01. The molecule has 0 fully saturated rings. The van der Waals surface area contributed by atoms with Crippen molar-refractivity contribution in [3.63, 3.8) is 0 Å². The van der Waals surface area contributed by atoms with Crippen molar-refractivity contribution in [2.75, 3.05) is 4.72 Å². The average molecular weight is 329 g/mol. The molecule has 2 aromatic carbocycles. The number of aryl methyl sites for hydroxylation is 1. The number of nitrogens with zero attached hydrogens (tertiary/aromatic N) is 2. The van der Waals surface area contributed by atoms with Crippen molar-refractivity contribution in [1.82, 2.24) is 4.57 Å². The quantitative estimate of drug-likeness (QED) is 0.789. The van der Waals surface area contributed by atoms with Crippen LogP contribution in [-0.4, -0.2) is 13.0 Å². The standard InChI is InChI=1S/C15H11N3O4S/c1-18-13-8-12(5-6-14(13)22-15(18)19)23(20,21)17-11-4-2-3-10(7-11)9-16/h2-8,17H,1H3. The number of benzene rings is 2. The molecule has 0 bridgehead atoms. The van der Waals surface area contributed by atoms with E-state index in [4.69, 9.17) is 9.68 Å². The lowest BCUT2D eigenvalue weighted by Gasteiger charge is -2.08. The van der Waals surface area contributed by atoms with Crippen molar-refractivity contribution < 1.29 is 12.8 Å². The van der Waals surface area contributed by atoms with Crippen LogP contribution in [0, 0.1) is 11.3 Å². The van der Waals surface area contributed by atoms with Gasteiger partial charge in [-0.25, -0.2) is 13.2 Å². The van der Waals surface area contributed by atoms with E-state index in [0.29, 0.717) is 16.7 Å². The van der Waals surface area contributed by atoms with Crippen molar-refractivity contribution in [2.24, 2.45) is 7.05 Å². The normalized spacial score (nSPS) is 11.3. The van der Waals surface area contributed by atoms with Crippen LogP contribution in [0.5, 0.6) is 0 Å². The van der Waals surface area contributed by atoms with Crippen LogP contribution in [0.4, 0.5) is 5.69 Å². The van der Waals surface area contributed by atoms with Crippen molar-refractivity contribution in [3.05, 3.63) is 58.6 Å². The van der Waals surface area contributed by atoms with Gasteiger partial charge < -0.3 is 4.42 Å². The first kappa shape index (κ1) is 14.9. The van der Waals surface area contributed by atoms with E-state index in [1.54, 1.807) is 18.2 Å². The highest BCUT2D eigenvalue weighted by Gasteiger charge is 2.17. The molecule has 0 aliphatic heterocycles. The van der Waals surface area contributed by atoms with Crippen LogP contribution in [-0.2, 0) is 17.1 Å². The van der Waals surface area contributed by atoms with Crippen LogP contribution < -0.4 is 10.5 Å². The Kier molecular flexibility index (Phi) is 3.42. The summed E-state index contributed by atoms with van der Waals surface area (Å²) >= 11 is 0. The third-order valence-corrected chi connectivity index (χ3v) is 4.70. The van der Waals surface area contributed by atoms with Crippen LogP contribution in [0.1, 0.15) is 5.56 Å². The van der Waals surface area contributed by atoms with Crippen molar-refractivity contribution in [2.45, 2.75) is 4.90 Å². The highest BCUT2D eigenvalue weighted by molar-refractivity contribution is 7.92. The molecule has 0 aliphatic carbocycles. The molecule has 0 saturated carbocycles. The number of hydrogen-bond donors (Lipinski definition) is 1. The molecule has 3 rings (SSSR count). The molecule has 7 nitrogen and oxygen atoms in total. The first-order chi connectivity index (χ1) is 10.9. The SMILES string of the molecule is Cn1c(=O)oc2ccc(S(=O)(=O)Nc3cccc(C#N)c3)cc21. The maximum absolute atomic E-state index is 12.5. The third kappa shape index (κ3) is 2.69. The van der Waals surface area contributed by atoms with E-state index in [2.05, 4.69) is 4.72 Å². The van der Waals surface area contributed by atoms with E-state index in [1.165, 1.54) is 35.9 Å². The zero-order valence-corrected chi connectivity index (χ0v) is 12.8. The fourth-order valence-electron chi connectivity index (χ4n) is 2.14. The molecule has 0 radical (unpaired) electrons. The zero-order valence-electron chi connectivity index (χ0n) is 12.0. The van der Waals surface area contributed by atoms with Gasteiger partial charge in [0.2, 0.25) is 0 Å². The molecule has 0 atom stereocenters. The number of rotatable bonds is 3. The average Bonchev–Trinajstić information content (AvgIpc) is 2.81. The largest absolute Gasteiger partial charge is 0.419 e. The van der Waals surface area contributed by atoms with E-state index in [1.807, 2.05) is 6.07 Å². The highest BCUT2D eigenvalue weighted by Crippen LogP contribution is 2.21. The van der Waals surface area contributed by atoms with Gasteiger partial charge in [0.05, 0.1) is 27.7 Å². The van der Waals surface area contributed by atoms with Crippen molar-refractivity contribution >= 4 is 26.8 Å². The summed E-state index contributed by atoms with van der Waals surface area (Å²) in [4.78, 5) is 11.5. The lowest BCUT2D eigenvalue weighted by Crippen LogP contribution is -2.13. The minimum atomic E-state index is -3.85. The number of nitriles is 1. The second kappa shape index (κ2) is 5.30. The van der Waals surface area contributed by atoms with Crippen LogP contribution in [0.25, 0.3) is 11.1 Å². The Morgan fingerprint density at radius 2 is 2.00 bits per heavy atom. The topological polar surface area (TPSA) is 105 Å². The van der Waals surface area contributed by atoms with Gasteiger partial charge in [-0.3, -0.25) is 9.29 Å². The Balaban J connectivity index is 2.04. The maximum Gasteiger partial charge on any atom is 0.419 e. The van der Waals surface area contributed by atoms with Gasteiger partial charge in [-0.05, 0) is 36.4 Å². The third-order valence-electron chi connectivity index (χ3n) is 3.32. The van der Waals surface area contributed by atoms with Crippen LogP contribution in [0.15, 0.2) is 56.6 Å². The Hall–Kier alpha value is -3.05. The smallest absolute Gasteiger partial charge is 0.408 e. The van der Waals surface area contributed by atoms with Crippen LogP contribution in [0.2, 0.25) is 0 Å². The van der Waals surface area contributed by atoms with Gasteiger partial charge in [0.25, 0.3) is 10.0 Å². The molecule has 0 aliphatic rings. The molecule has 8 heteroatoms. The van der Waals surface area contributed by atoms with E-state index in [9.17, 15) is 13.2 Å². The van der Waals surface area contributed by atoms with E-state index >= 15 is 0 Å². The number of hydrogen-bond acceptors (Lipinski definition) is 5. The monoisotopic (exact) mass is 329 g/mol. The molecule has 1 heterocycles. The van der Waals surface area contributed by atoms with Gasteiger partial charge in [0.1, 0.15) is 0 Å². The summed E-state index contributed by atoms with van der Waals surface area (Å²) in [6.07, 6.45) is 0. The van der Waals surface area contributed by atoms with Crippen LogP contribution in [0.3, 0.4) is 0 Å². The molecule has 1 N–H and O–H groups in total. The summed E-state index contributed by atoms with van der Waals surface area (Å²) in [7, 11) is -2.36. The fourth-order valence-corrected chi connectivity index (χ4v) is 3.21. The van der Waals surface area contributed by atoms with Crippen molar-refractivity contribution in [1.29, 1.82) is 5.26 Å². The summed E-state index contributed by atoms with van der Waals surface area (Å²) in [5.74, 6) is -0.566. The number of nitrogens with one attached hydrogen (secondary N) is 1. The van der Waals surface area contributed by atoms with E-state index in [0.717, 1.165) is 0 Å². The second-order valence-corrected chi connectivity index (χ2v) is 6.54. The van der Waals surface area contributed by atoms with E-state index < -0.39 is 15.8 Å². The lowest BCUT2D eigenvalue weighted by atomic mass is 10.2. The lowest BCUT2D eigenvalue weighted by molar-refractivity contribution is 0.528. The molecular formula is C15H11N3O4S. The summed E-state index contributed by atoms with van der Waals surface area (Å²) in [5, 5.41) is 8.86. The molecule has 23 heavy (non-hydrogen) atoms. The van der Waals surface area contributed by atoms with Gasteiger partial charge in [-0.1, -0.05) is 6.07 Å². The van der Waals surface area contributed by atoms with Gasteiger partial charge in [-0.2, -0.15) is 5.26 Å². The number of fused-ring (bicyclic) bond motifs is 1. The van der Waals surface area contributed by atoms with Crippen molar-refractivity contribution in [3.8, 4) is 6.07 Å². The minimum Gasteiger partial charge on any atom is -0.408 e. The predicted octanol–water partition coefficient (Wildman–Crippen LogP) is 1.80. The Morgan fingerprint density at radius 1 is 1.22 bits per heavy atom. The number of aromatic nitrogens is 1. The molecular weight excluding hydrogens is 318 g/mol. The summed E-state index contributed by atoms with van der Waals surface area (Å²) in [6.45, 7) is 0. The predicted molar refractivity (Wildman–Crippen MR) is 83.4 cm³/mol. The number of sulfonamides is 1. The molecule has 1 aromatic heterocycles. The minimum absolute atomic E-state index is 0.0104. The first-order valence-electron chi connectivity index (χ1n) is 6.53. The Morgan fingerprint density at radius 3 is 2.74 bits per heavy atom. The summed E-state index contributed by atoms with van der Waals surface area (Å²) in [5.41, 5.74) is 1.31. The molecule has 116 valence electrons. The Labute approximate surface area is 131 Å². The highest BCUT2D eigenvalue weighted by atomic mass is 32.2. The van der Waals surface area contributed by atoms with E-state index in [-0.39, 0.29) is 10.6 Å². The van der Waals surface area contributed by atoms with Gasteiger partial charge in [-0.15, -0.1) is 0 Å². The number of oxazole rings is 1. The molecule has 0 saturated heterocycles. The fraction of sp³-hybridized carbons (Fsp3) is 0.0667. The molecule has 3 aromatic rings. The van der Waals surface area contributed by atoms with Gasteiger partial charge >= 0.3 is 5.76 Å². The molecule has 0 amide bonds. The maximum atomic E-state index is 12.5. The van der Waals surface area contributed by atoms with Gasteiger partial charge in [0, 0.05) is 7.05 Å². The second-order valence-electron chi connectivity index (χ2n) is 4.85. The molecule has 0 unspecified atom stereocenters. The zero-order chi connectivity index (χ0) is 16.6. The summed E-state index contributed by atoms with van der Waals surface area (Å²) < 4.78 is 33.5. The summed E-state index contributed by atoms with van der Waals surface area (Å²) in [6, 6.07) is 12.2. The van der Waals surface area contributed by atoms with Crippen LogP contribution >= 0.6 is 0 Å². The molecule has 0 spiro atoms. The Bertz CT molecular complexity index is 1100. The number of anilines is 1.